The first-order valence-corrected chi connectivity index (χ1v) is 10.5. The van der Waals surface area contributed by atoms with Crippen molar-refractivity contribution in [3.05, 3.63) is 23.4 Å². The summed E-state index contributed by atoms with van der Waals surface area (Å²) in [6, 6.07) is 3.05. The molecule has 0 spiro atoms. The summed E-state index contributed by atoms with van der Waals surface area (Å²) in [5.41, 5.74) is 1.03. The molecule has 1 atom stereocenters. The van der Waals surface area contributed by atoms with Gasteiger partial charge in [-0.05, 0) is 63.1 Å². The number of aromatic nitrogens is 1. The van der Waals surface area contributed by atoms with Gasteiger partial charge in [-0.3, -0.25) is 4.79 Å². The average Bonchev–Trinajstić information content (AvgIpc) is 2.70. The predicted molar refractivity (Wildman–Crippen MR) is 110 cm³/mol. The number of aliphatic hydroxyl groups is 1. The van der Waals surface area contributed by atoms with Crippen molar-refractivity contribution in [2.75, 3.05) is 31.5 Å². The summed E-state index contributed by atoms with van der Waals surface area (Å²) in [7, 11) is 0. The van der Waals surface area contributed by atoms with E-state index in [0.29, 0.717) is 25.9 Å². The van der Waals surface area contributed by atoms with Gasteiger partial charge in [-0.2, -0.15) is 0 Å². The van der Waals surface area contributed by atoms with Crippen molar-refractivity contribution in [1.29, 1.82) is 0 Å². The third-order valence-electron chi connectivity index (χ3n) is 5.96. The van der Waals surface area contributed by atoms with Crippen LogP contribution in [0.2, 0.25) is 0 Å². The molecule has 1 amide bonds. The zero-order chi connectivity index (χ0) is 20.9. The fourth-order valence-electron chi connectivity index (χ4n) is 4.23. The number of nitrogens with one attached hydrogen (secondary N) is 2. The molecule has 8 nitrogen and oxygen atoms in total. The van der Waals surface area contributed by atoms with E-state index in [-0.39, 0.29) is 0 Å². The molecule has 8 heteroatoms. The maximum atomic E-state index is 11.5. The second-order valence-electron chi connectivity index (χ2n) is 8.21. The number of carboxylic acid groups (broad SMARTS) is 1. The van der Waals surface area contributed by atoms with E-state index in [1.807, 2.05) is 0 Å². The molecule has 1 aromatic heterocycles. The number of carboxylic acids is 1. The van der Waals surface area contributed by atoms with E-state index < -0.39 is 23.5 Å². The molecule has 1 unspecified atom stereocenters. The SMILES string of the molecule is CC(=O)NC(C(=O)O)C1(O)CCN(CCCCc2ccc3c(n2)NCCC3)CC1. The number of aliphatic carboxylic acids is 1. The van der Waals surface area contributed by atoms with Gasteiger partial charge >= 0.3 is 5.97 Å². The summed E-state index contributed by atoms with van der Waals surface area (Å²) in [5.74, 6) is -0.598. The molecule has 3 heterocycles. The van der Waals surface area contributed by atoms with Crippen molar-refractivity contribution in [2.45, 2.75) is 63.5 Å². The lowest BCUT2D eigenvalue weighted by Gasteiger charge is -2.41. The lowest BCUT2D eigenvalue weighted by Crippen LogP contribution is -2.60. The molecule has 1 aromatic rings. The zero-order valence-corrected chi connectivity index (χ0v) is 17.1. The van der Waals surface area contributed by atoms with Gasteiger partial charge in [0.2, 0.25) is 5.91 Å². The Bertz CT molecular complexity index is 731. The molecule has 2 aliphatic rings. The van der Waals surface area contributed by atoms with Gasteiger partial charge in [-0.15, -0.1) is 0 Å². The van der Waals surface area contributed by atoms with Crippen LogP contribution in [0.3, 0.4) is 0 Å². The average molecular weight is 405 g/mol. The molecule has 3 rings (SSSR count). The number of carbonyl (C=O) groups is 2. The molecule has 1 saturated heterocycles. The van der Waals surface area contributed by atoms with Crippen molar-refractivity contribution >= 4 is 17.7 Å². The number of unbranched alkanes of at least 4 members (excludes halogenated alkanes) is 1. The minimum atomic E-state index is -1.39. The predicted octanol–water partition coefficient (Wildman–Crippen LogP) is 1.18. The van der Waals surface area contributed by atoms with E-state index in [9.17, 15) is 19.8 Å². The Morgan fingerprint density at radius 2 is 2.07 bits per heavy atom. The Morgan fingerprint density at radius 3 is 2.76 bits per heavy atom. The lowest BCUT2D eigenvalue weighted by atomic mass is 9.84. The number of pyridine rings is 1. The first-order valence-electron chi connectivity index (χ1n) is 10.5. The van der Waals surface area contributed by atoms with Crippen LogP contribution in [0.15, 0.2) is 12.1 Å². The van der Waals surface area contributed by atoms with E-state index in [0.717, 1.165) is 56.7 Å². The number of anilines is 1. The highest BCUT2D eigenvalue weighted by Gasteiger charge is 2.44. The fourth-order valence-corrected chi connectivity index (χ4v) is 4.23. The maximum absolute atomic E-state index is 11.5. The quantitative estimate of drug-likeness (QED) is 0.481. The number of fused-ring (bicyclic) bond motifs is 1. The van der Waals surface area contributed by atoms with Gasteiger partial charge < -0.3 is 25.7 Å². The van der Waals surface area contributed by atoms with Crippen LogP contribution in [0.4, 0.5) is 5.82 Å². The third-order valence-corrected chi connectivity index (χ3v) is 5.96. The zero-order valence-electron chi connectivity index (χ0n) is 17.1. The van der Waals surface area contributed by atoms with E-state index in [1.165, 1.54) is 12.5 Å². The minimum absolute atomic E-state index is 0.336. The van der Waals surface area contributed by atoms with Gasteiger partial charge in [0, 0.05) is 32.3 Å². The monoisotopic (exact) mass is 404 g/mol. The number of likely N-dealkylation sites (tertiary alicyclic amines) is 1. The number of nitrogens with zero attached hydrogens (tertiary/aromatic N) is 2. The lowest BCUT2D eigenvalue weighted by molar-refractivity contribution is -0.153. The molecule has 0 radical (unpaired) electrons. The Kier molecular flexibility index (Phi) is 7.08. The van der Waals surface area contributed by atoms with E-state index in [1.54, 1.807) is 0 Å². The van der Waals surface area contributed by atoms with Crippen LogP contribution in [-0.4, -0.2) is 69.8 Å². The molecule has 160 valence electrons. The second kappa shape index (κ2) is 9.54. The summed E-state index contributed by atoms with van der Waals surface area (Å²) in [6.45, 7) is 4.43. The number of amides is 1. The summed E-state index contributed by atoms with van der Waals surface area (Å²) < 4.78 is 0. The van der Waals surface area contributed by atoms with Gasteiger partial charge in [-0.1, -0.05) is 6.07 Å². The molecule has 4 N–H and O–H groups in total. The number of hydrogen-bond donors (Lipinski definition) is 4. The highest BCUT2D eigenvalue weighted by Crippen LogP contribution is 2.26. The number of rotatable bonds is 8. The van der Waals surface area contributed by atoms with Crippen LogP contribution >= 0.6 is 0 Å². The normalized spacial score (nSPS) is 19.7. The third kappa shape index (κ3) is 5.67. The molecule has 0 bridgehead atoms. The topological polar surface area (TPSA) is 115 Å². The molecule has 29 heavy (non-hydrogen) atoms. The highest BCUT2D eigenvalue weighted by atomic mass is 16.4. The number of hydrogen-bond acceptors (Lipinski definition) is 6. The van der Waals surface area contributed by atoms with E-state index >= 15 is 0 Å². The maximum Gasteiger partial charge on any atom is 0.329 e. The van der Waals surface area contributed by atoms with Crippen molar-refractivity contribution < 1.29 is 19.8 Å². The molecule has 0 saturated carbocycles. The largest absolute Gasteiger partial charge is 0.480 e. The summed E-state index contributed by atoms with van der Waals surface area (Å²) in [4.78, 5) is 29.7. The van der Waals surface area contributed by atoms with Crippen LogP contribution < -0.4 is 10.6 Å². The van der Waals surface area contributed by atoms with Crippen LogP contribution in [0.5, 0.6) is 0 Å². The standard InChI is InChI=1S/C21H32N4O4/c1-15(26)23-18(20(27)28)21(29)9-13-25(14-10-21)12-3-2-6-17-8-7-16-5-4-11-22-19(16)24-17/h7-8,18,29H,2-6,9-14H2,1H3,(H,22,24)(H,23,26)(H,27,28). The van der Waals surface area contributed by atoms with Gasteiger partial charge in [0.1, 0.15) is 5.82 Å². The second-order valence-corrected chi connectivity index (χ2v) is 8.21. The van der Waals surface area contributed by atoms with Crippen molar-refractivity contribution in [2.24, 2.45) is 0 Å². The van der Waals surface area contributed by atoms with Gasteiger partial charge in [-0.25, -0.2) is 9.78 Å². The van der Waals surface area contributed by atoms with Crippen LogP contribution in [0.25, 0.3) is 0 Å². The molecule has 1 fully saturated rings. The summed E-state index contributed by atoms with van der Waals surface area (Å²) in [5, 5.41) is 25.9. The number of carbonyl (C=O) groups excluding carboxylic acids is 1. The summed E-state index contributed by atoms with van der Waals surface area (Å²) in [6.07, 6.45) is 5.94. The fraction of sp³-hybridized carbons (Fsp3) is 0.667. The van der Waals surface area contributed by atoms with Crippen molar-refractivity contribution in [1.82, 2.24) is 15.2 Å². The Labute approximate surface area is 171 Å². The smallest absolute Gasteiger partial charge is 0.329 e. The van der Waals surface area contributed by atoms with Crippen molar-refractivity contribution in [3.63, 3.8) is 0 Å². The molecular formula is C21H32N4O4. The van der Waals surface area contributed by atoms with Crippen LogP contribution in [0, 0.1) is 0 Å². The minimum Gasteiger partial charge on any atom is -0.480 e. The van der Waals surface area contributed by atoms with E-state index in [4.69, 9.17) is 4.98 Å². The molecule has 2 aliphatic heterocycles. The Hall–Kier alpha value is -2.19. The molecule has 0 aromatic carbocycles. The van der Waals surface area contributed by atoms with Gasteiger partial charge in [0.15, 0.2) is 6.04 Å². The first-order chi connectivity index (χ1) is 13.9. The molecule has 0 aliphatic carbocycles. The van der Waals surface area contributed by atoms with Gasteiger partial charge in [0.25, 0.3) is 0 Å². The molecular weight excluding hydrogens is 372 g/mol. The van der Waals surface area contributed by atoms with Crippen LogP contribution in [0.1, 0.15) is 50.3 Å². The first kappa shape index (κ1) is 21.5. The number of aryl methyl sites for hydroxylation is 2. The van der Waals surface area contributed by atoms with Gasteiger partial charge in [0.05, 0.1) is 5.60 Å². The van der Waals surface area contributed by atoms with E-state index in [2.05, 4.69) is 27.7 Å². The number of piperidine rings is 1. The Morgan fingerprint density at radius 1 is 1.31 bits per heavy atom. The van der Waals surface area contributed by atoms with Crippen LogP contribution in [-0.2, 0) is 22.4 Å². The summed E-state index contributed by atoms with van der Waals surface area (Å²) >= 11 is 0. The van der Waals surface area contributed by atoms with Crippen molar-refractivity contribution in [3.8, 4) is 0 Å². The Balaban J connectivity index is 1.41. The highest BCUT2D eigenvalue weighted by molar-refractivity contribution is 5.83.